The first-order valence-corrected chi connectivity index (χ1v) is 4.58. The van der Waals surface area contributed by atoms with E-state index < -0.39 is 37.3 Å². The zero-order valence-electron chi connectivity index (χ0n) is 8.39. The van der Waals surface area contributed by atoms with Crippen LogP contribution in [0.2, 0.25) is 0 Å². The Bertz CT molecular complexity index is 165. The maximum Gasteiger partial charge on any atom is 0.183 e. The van der Waals surface area contributed by atoms with Gasteiger partial charge in [0.2, 0.25) is 0 Å². The standard InChI is InChI=1S/C8H18O7/c1-2-15-8(14)7(13)6(12)5(11)4(10)3-9/h4-14H,2-3H2,1H3/t4-,5+,6+,7+,8?/m0/s1. The van der Waals surface area contributed by atoms with Gasteiger partial charge >= 0.3 is 0 Å². The fourth-order valence-electron chi connectivity index (χ4n) is 0.976. The van der Waals surface area contributed by atoms with Crippen LogP contribution < -0.4 is 0 Å². The summed E-state index contributed by atoms with van der Waals surface area (Å²) in [5.41, 5.74) is 0. The highest BCUT2D eigenvalue weighted by Gasteiger charge is 2.34. The van der Waals surface area contributed by atoms with Crippen LogP contribution >= 0.6 is 0 Å². The topological polar surface area (TPSA) is 131 Å². The average molecular weight is 226 g/mol. The Kier molecular flexibility index (Phi) is 6.94. The van der Waals surface area contributed by atoms with E-state index in [1.165, 1.54) is 0 Å². The van der Waals surface area contributed by atoms with Crippen molar-refractivity contribution >= 4 is 0 Å². The van der Waals surface area contributed by atoms with E-state index in [0.717, 1.165) is 0 Å². The molecule has 0 fully saturated rings. The minimum Gasteiger partial charge on any atom is -0.394 e. The molecule has 5 atom stereocenters. The molecular weight excluding hydrogens is 208 g/mol. The predicted molar refractivity (Wildman–Crippen MR) is 48.7 cm³/mol. The lowest BCUT2D eigenvalue weighted by atomic mass is 10.0. The molecule has 0 aromatic heterocycles. The number of aliphatic hydroxyl groups excluding tert-OH is 6. The Labute approximate surface area is 87.2 Å². The normalized spacial score (nSPS) is 21.8. The van der Waals surface area contributed by atoms with Crippen LogP contribution in [0.1, 0.15) is 6.92 Å². The van der Waals surface area contributed by atoms with Crippen LogP contribution in [0.4, 0.5) is 0 Å². The van der Waals surface area contributed by atoms with Crippen LogP contribution in [-0.2, 0) is 4.74 Å². The highest BCUT2D eigenvalue weighted by atomic mass is 16.6. The lowest BCUT2D eigenvalue weighted by Gasteiger charge is -2.28. The monoisotopic (exact) mass is 226 g/mol. The van der Waals surface area contributed by atoms with Crippen molar-refractivity contribution in [3.63, 3.8) is 0 Å². The lowest BCUT2D eigenvalue weighted by Crippen LogP contribution is -2.50. The summed E-state index contributed by atoms with van der Waals surface area (Å²) >= 11 is 0. The summed E-state index contributed by atoms with van der Waals surface area (Å²) in [6.45, 7) is 0.917. The first-order chi connectivity index (χ1) is 6.95. The Morgan fingerprint density at radius 2 is 1.47 bits per heavy atom. The van der Waals surface area contributed by atoms with E-state index >= 15 is 0 Å². The molecule has 7 heteroatoms. The molecule has 92 valence electrons. The summed E-state index contributed by atoms with van der Waals surface area (Å²) < 4.78 is 4.58. The largest absolute Gasteiger partial charge is 0.394 e. The predicted octanol–water partition coefficient (Wildman–Crippen LogP) is -3.22. The number of aliphatic hydroxyl groups is 6. The van der Waals surface area contributed by atoms with Crippen molar-refractivity contribution in [1.29, 1.82) is 0 Å². The van der Waals surface area contributed by atoms with Crippen molar-refractivity contribution in [2.75, 3.05) is 13.2 Å². The molecular formula is C8H18O7. The van der Waals surface area contributed by atoms with Gasteiger partial charge in [-0.05, 0) is 6.92 Å². The first-order valence-electron chi connectivity index (χ1n) is 4.58. The molecule has 0 aliphatic rings. The summed E-state index contributed by atoms with van der Waals surface area (Å²) in [5.74, 6) is 0. The molecule has 0 saturated heterocycles. The average Bonchev–Trinajstić information content (AvgIpc) is 2.25. The summed E-state index contributed by atoms with van der Waals surface area (Å²) in [6, 6.07) is 0. The quantitative estimate of drug-likeness (QED) is 0.252. The van der Waals surface area contributed by atoms with E-state index in [1.54, 1.807) is 6.92 Å². The molecule has 15 heavy (non-hydrogen) atoms. The second kappa shape index (κ2) is 7.07. The third-order valence-corrected chi connectivity index (χ3v) is 1.91. The first kappa shape index (κ1) is 14.7. The van der Waals surface area contributed by atoms with Crippen LogP contribution in [0.3, 0.4) is 0 Å². The molecule has 0 bridgehead atoms. The number of rotatable bonds is 7. The molecule has 0 radical (unpaired) electrons. The molecule has 0 spiro atoms. The number of hydrogen-bond acceptors (Lipinski definition) is 7. The number of ether oxygens (including phenoxy) is 1. The van der Waals surface area contributed by atoms with Crippen LogP contribution in [0, 0.1) is 0 Å². The van der Waals surface area contributed by atoms with Crippen molar-refractivity contribution < 1.29 is 35.4 Å². The molecule has 0 heterocycles. The SMILES string of the molecule is CCOC(O)[C@H](O)[C@H](O)[C@H](O)[C@@H](O)CO. The molecule has 0 amide bonds. The van der Waals surface area contributed by atoms with Gasteiger partial charge in [0.1, 0.15) is 24.4 Å². The summed E-state index contributed by atoms with van der Waals surface area (Å²) in [5, 5.41) is 54.3. The van der Waals surface area contributed by atoms with Gasteiger partial charge in [0.25, 0.3) is 0 Å². The minimum atomic E-state index is -1.81. The summed E-state index contributed by atoms with van der Waals surface area (Å²) in [7, 11) is 0. The van der Waals surface area contributed by atoms with Gasteiger partial charge in [-0.3, -0.25) is 0 Å². The van der Waals surface area contributed by atoms with E-state index in [0.29, 0.717) is 0 Å². The third kappa shape index (κ3) is 4.39. The fraction of sp³-hybridized carbons (Fsp3) is 1.00. The number of hydrogen-bond donors (Lipinski definition) is 6. The lowest BCUT2D eigenvalue weighted by molar-refractivity contribution is -0.209. The Morgan fingerprint density at radius 1 is 0.933 bits per heavy atom. The maximum absolute atomic E-state index is 9.27. The van der Waals surface area contributed by atoms with E-state index in [1.807, 2.05) is 0 Å². The molecule has 0 saturated carbocycles. The molecule has 0 rings (SSSR count). The highest BCUT2D eigenvalue weighted by Crippen LogP contribution is 2.09. The van der Waals surface area contributed by atoms with Gasteiger partial charge in [-0.25, -0.2) is 0 Å². The van der Waals surface area contributed by atoms with Crippen LogP contribution in [0.15, 0.2) is 0 Å². The van der Waals surface area contributed by atoms with Crippen molar-refractivity contribution in [2.24, 2.45) is 0 Å². The minimum absolute atomic E-state index is 0.115. The van der Waals surface area contributed by atoms with Crippen LogP contribution in [-0.4, -0.2) is 74.6 Å². The Balaban J connectivity index is 4.22. The van der Waals surface area contributed by atoms with Gasteiger partial charge in [0.05, 0.1) is 6.61 Å². The zero-order chi connectivity index (χ0) is 12.0. The molecule has 6 N–H and O–H groups in total. The van der Waals surface area contributed by atoms with E-state index in [9.17, 15) is 15.3 Å². The van der Waals surface area contributed by atoms with Crippen LogP contribution in [0.25, 0.3) is 0 Å². The molecule has 0 aromatic rings. The zero-order valence-corrected chi connectivity index (χ0v) is 8.39. The molecule has 0 aliphatic heterocycles. The smallest absolute Gasteiger partial charge is 0.183 e. The van der Waals surface area contributed by atoms with Crippen LogP contribution in [0.5, 0.6) is 0 Å². The van der Waals surface area contributed by atoms with Gasteiger partial charge < -0.3 is 35.4 Å². The molecule has 0 aliphatic carbocycles. The maximum atomic E-state index is 9.27. The van der Waals surface area contributed by atoms with Crippen molar-refractivity contribution in [3.8, 4) is 0 Å². The van der Waals surface area contributed by atoms with Gasteiger partial charge in [0.15, 0.2) is 6.29 Å². The summed E-state index contributed by atoms with van der Waals surface area (Å²) in [6.07, 6.45) is -8.59. The second-order valence-electron chi connectivity index (χ2n) is 3.07. The van der Waals surface area contributed by atoms with E-state index in [-0.39, 0.29) is 6.61 Å². The van der Waals surface area contributed by atoms with E-state index in [2.05, 4.69) is 4.74 Å². The molecule has 1 unspecified atom stereocenters. The third-order valence-electron chi connectivity index (χ3n) is 1.91. The summed E-state index contributed by atoms with van der Waals surface area (Å²) in [4.78, 5) is 0. The Hall–Kier alpha value is -0.280. The van der Waals surface area contributed by atoms with Gasteiger partial charge in [-0.15, -0.1) is 0 Å². The highest BCUT2D eigenvalue weighted by molar-refractivity contribution is 4.81. The van der Waals surface area contributed by atoms with Crippen molar-refractivity contribution in [1.82, 2.24) is 0 Å². The van der Waals surface area contributed by atoms with Gasteiger partial charge in [-0.1, -0.05) is 0 Å². The van der Waals surface area contributed by atoms with Gasteiger partial charge in [0, 0.05) is 6.61 Å². The Morgan fingerprint density at radius 3 is 1.87 bits per heavy atom. The van der Waals surface area contributed by atoms with E-state index in [4.69, 9.17) is 15.3 Å². The van der Waals surface area contributed by atoms with Gasteiger partial charge in [-0.2, -0.15) is 0 Å². The molecule has 7 nitrogen and oxygen atoms in total. The second-order valence-corrected chi connectivity index (χ2v) is 3.07. The fourth-order valence-corrected chi connectivity index (χ4v) is 0.976. The van der Waals surface area contributed by atoms with Crippen molar-refractivity contribution in [3.05, 3.63) is 0 Å². The molecule has 0 aromatic carbocycles. The van der Waals surface area contributed by atoms with Crippen molar-refractivity contribution in [2.45, 2.75) is 37.6 Å².